The van der Waals surface area contributed by atoms with Crippen LogP contribution in [0.15, 0.2) is 24.3 Å². The van der Waals surface area contributed by atoms with E-state index in [4.69, 9.17) is 4.74 Å². The fraction of sp³-hybridized carbons (Fsp3) is 0.455. The van der Waals surface area contributed by atoms with Gasteiger partial charge in [0.1, 0.15) is 0 Å². The van der Waals surface area contributed by atoms with Gasteiger partial charge in [0.15, 0.2) is 0 Å². The SMILES string of the molecule is c1ccc2c(c1)CNCCCOC2. The highest BCUT2D eigenvalue weighted by molar-refractivity contribution is 5.26. The molecule has 1 aromatic carbocycles. The smallest absolute Gasteiger partial charge is 0.0720 e. The Morgan fingerprint density at radius 2 is 2.00 bits per heavy atom. The third kappa shape index (κ3) is 2.29. The largest absolute Gasteiger partial charge is 0.377 e. The third-order valence-corrected chi connectivity index (χ3v) is 2.33. The maximum absolute atomic E-state index is 5.54. The lowest BCUT2D eigenvalue weighted by atomic mass is 10.1. The predicted molar refractivity (Wildman–Crippen MR) is 52.4 cm³/mol. The van der Waals surface area contributed by atoms with Crippen molar-refractivity contribution < 1.29 is 4.74 Å². The van der Waals surface area contributed by atoms with Crippen LogP contribution < -0.4 is 5.32 Å². The maximum Gasteiger partial charge on any atom is 0.0720 e. The summed E-state index contributed by atoms with van der Waals surface area (Å²) in [5.74, 6) is 0. The van der Waals surface area contributed by atoms with E-state index in [0.29, 0.717) is 0 Å². The summed E-state index contributed by atoms with van der Waals surface area (Å²) < 4.78 is 5.54. The third-order valence-electron chi connectivity index (χ3n) is 2.33. The van der Waals surface area contributed by atoms with Gasteiger partial charge < -0.3 is 10.1 Å². The molecule has 1 aliphatic rings. The van der Waals surface area contributed by atoms with Gasteiger partial charge in [0.2, 0.25) is 0 Å². The Bertz CT molecular complexity index is 246. The number of rotatable bonds is 0. The van der Waals surface area contributed by atoms with Crippen LogP contribution >= 0.6 is 0 Å². The lowest BCUT2D eigenvalue weighted by Crippen LogP contribution is -2.15. The molecule has 0 spiro atoms. The summed E-state index contributed by atoms with van der Waals surface area (Å²) in [7, 11) is 0. The van der Waals surface area contributed by atoms with Crippen LogP contribution in [-0.2, 0) is 17.9 Å². The first-order chi connectivity index (χ1) is 6.47. The summed E-state index contributed by atoms with van der Waals surface area (Å²) in [6.45, 7) is 3.65. The molecule has 0 saturated heterocycles. The second-order valence-electron chi connectivity index (χ2n) is 3.35. The van der Waals surface area contributed by atoms with Crippen molar-refractivity contribution in [3.05, 3.63) is 35.4 Å². The first-order valence-corrected chi connectivity index (χ1v) is 4.82. The number of hydrogen-bond donors (Lipinski definition) is 1. The van der Waals surface area contributed by atoms with E-state index in [0.717, 1.165) is 32.7 Å². The molecule has 1 heterocycles. The minimum atomic E-state index is 0.762. The van der Waals surface area contributed by atoms with Gasteiger partial charge in [0, 0.05) is 13.2 Å². The molecule has 0 bridgehead atoms. The van der Waals surface area contributed by atoms with Gasteiger partial charge in [-0.2, -0.15) is 0 Å². The minimum absolute atomic E-state index is 0.762. The zero-order valence-electron chi connectivity index (χ0n) is 7.75. The molecule has 0 aromatic heterocycles. The van der Waals surface area contributed by atoms with Crippen LogP contribution in [0, 0.1) is 0 Å². The second kappa shape index (κ2) is 4.40. The van der Waals surface area contributed by atoms with Crippen molar-refractivity contribution in [2.45, 2.75) is 19.6 Å². The monoisotopic (exact) mass is 177 g/mol. The molecule has 0 saturated carbocycles. The second-order valence-corrected chi connectivity index (χ2v) is 3.35. The molecule has 2 heteroatoms. The molecule has 0 atom stereocenters. The van der Waals surface area contributed by atoms with Crippen molar-refractivity contribution in [2.24, 2.45) is 0 Å². The average molecular weight is 177 g/mol. The fourth-order valence-corrected chi connectivity index (χ4v) is 1.58. The molecule has 13 heavy (non-hydrogen) atoms. The van der Waals surface area contributed by atoms with E-state index in [9.17, 15) is 0 Å². The maximum atomic E-state index is 5.54. The van der Waals surface area contributed by atoms with Crippen molar-refractivity contribution in [1.82, 2.24) is 5.32 Å². The molecular formula is C11H15NO. The Labute approximate surface area is 78.9 Å². The molecule has 0 amide bonds. The van der Waals surface area contributed by atoms with E-state index in [1.807, 2.05) is 0 Å². The fourth-order valence-electron chi connectivity index (χ4n) is 1.58. The van der Waals surface area contributed by atoms with Gasteiger partial charge in [0.25, 0.3) is 0 Å². The van der Waals surface area contributed by atoms with Crippen LogP contribution in [0.3, 0.4) is 0 Å². The van der Waals surface area contributed by atoms with Gasteiger partial charge in [-0.15, -0.1) is 0 Å². The van der Waals surface area contributed by atoms with Crippen molar-refractivity contribution in [3.8, 4) is 0 Å². The Hall–Kier alpha value is -0.860. The highest BCUT2D eigenvalue weighted by Gasteiger charge is 2.03. The highest BCUT2D eigenvalue weighted by Crippen LogP contribution is 2.11. The van der Waals surface area contributed by atoms with E-state index in [1.165, 1.54) is 11.1 Å². The Morgan fingerprint density at radius 1 is 1.15 bits per heavy atom. The molecule has 0 unspecified atom stereocenters. The molecule has 1 N–H and O–H groups in total. The van der Waals surface area contributed by atoms with Crippen LogP contribution in [0.25, 0.3) is 0 Å². The Balaban J connectivity index is 2.17. The number of fused-ring (bicyclic) bond motifs is 1. The van der Waals surface area contributed by atoms with Crippen molar-refractivity contribution in [1.29, 1.82) is 0 Å². The topological polar surface area (TPSA) is 21.3 Å². The first kappa shape index (κ1) is 8.73. The number of ether oxygens (including phenoxy) is 1. The van der Waals surface area contributed by atoms with E-state index in [2.05, 4.69) is 29.6 Å². The molecule has 0 aliphatic carbocycles. The normalized spacial score (nSPS) is 18.2. The molecule has 2 nitrogen and oxygen atoms in total. The van der Waals surface area contributed by atoms with E-state index >= 15 is 0 Å². The standard InChI is InChI=1S/C11H15NO/c1-2-5-11-9-13-7-3-6-12-8-10(11)4-1/h1-2,4-5,12H,3,6-9H2. The predicted octanol–water partition coefficient (Wildman–Crippen LogP) is 1.70. The van der Waals surface area contributed by atoms with Crippen LogP contribution in [0.4, 0.5) is 0 Å². The van der Waals surface area contributed by atoms with Crippen molar-refractivity contribution >= 4 is 0 Å². The van der Waals surface area contributed by atoms with Gasteiger partial charge in [-0.3, -0.25) is 0 Å². The summed E-state index contributed by atoms with van der Waals surface area (Å²) in [5.41, 5.74) is 2.68. The number of nitrogens with one attached hydrogen (secondary N) is 1. The summed E-state index contributed by atoms with van der Waals surface area (Å²) >= 11 is 0. The lowest BCUT2D eigenvalue weighted by Gasteiger charge is -2.06. The molecule has 2 rings (SSSR count). The van der Waals surface area contributed by atoms with Gasteiger partial charge >= 0.3 is 0 Å². The summed E-state index contributed by atoms with van der Waals surface area (Å²) in [5, 5.41) is 3.40. The zero-order chi connectivity index (χ0) is 8.93. The van der Waals surface area contributed by atoms with Gasteiger partial charge in [-0.25, -0.2) is 0 Å². The van der Waals surface area contributed by atoms with Crippen LogP contribution in [0.1, 0.15) is 17.5 Å². The Kier molecular flexibility index (Phi) is 2.95. The van der Waals surface area contributed by atoms with Gasteiger partial charge in [0.05, 0.1) is 6.61 Å². The quantitative estimate of drug-likeness (QED) is 0.651. The van der Waals surface area contributed by atoms with E-state index in [-0.39, 0.29) is 0 Å². The number of hydrogen-bond acceptors (Lipinski definition) is 2. The summed E-state index contributed by atoms with van der Waals surface area (Å²) in [4.78, 5) is 0. The molecule has 0 radical (unpaired) electrons. The molecule has 1 aliphatic heterocycles. The van der Waals surface area contributed by atoms with Crippen LogP contribution in [0.2, 0.25) is 0 Å². The average Bonchev–Trinajstić information content (AvgIpc) is 2.28. The number of benzene rings is 1. The first-order valence-electron chi connectivity index (χ1n) is 4.82. The highest BCUT2D eigenvalue weighted by atomic mass is 16.5. The molecule has 70 valence electrons. The zero-order valence-corrected chi connectivity index (χ0v) is 7.75. The molecular weight excluding hydrogens is 162 g/mol. The van der Waals surface area contributed by atoms with Gasteiger partial charge in [-0.05, 0) is 24.1 Å². The molecule has 0 fully saturated rings. The van der Waals surface area contributed by atoms with Gasteiger partial charge in [-0.1, -0.05) is 24.3 Å². The van der Waals surface area contributed by atoms with E-state index in [1.54, 1.807) is 0 Å². The Morgan fingerprint density at radius 3 is 2.92 bits per heavy atom. The van der Waals surface area contributed by atoms with Crippen LogP contribution in [-0.4, -0.2) is 13.2 Å². The van der Waals surface area contributed by atoms with Crippen molar-refractivity contribution in [2.75, 3.05) is 13.2 Å². The molecule has 1 aromatic rings. The van der Waals surface area contributed by atoms with Crippen molar-refractivity contribution in [3.63, 3.8) is 0 Å². The summed E-state index contributed by atoms with van der Waals surface area (Å²) in [6, 6.07) is 8.46. The van der Waals surface area contributed by atoms with Crippen LogP contribution in [0.5, 0.6) is 0 Å². The minimum Gasteiger partial charge on any atom is -0.377 e. The summed E-state index contributed by atoms with van der Waals surface area (Å²) in [6.07, 6.45) is 1.11. The lowest BCUT2D eigenvalue weighted by molar-refractivity contribution is 0.120. The van der Waals surface area contributed by atoms with E-state index < -0.39 is 0 Å².